The maximum absolute atomic E-state index is 12.8. The Morgan fingerprint density at radius 3 is 2.97 bits per heavy atom. The lowest BCUT2D eigenvalue weighted by Crippen LogP contribution is -2.73. The summed E-state index contributed by atoms with van der Waals surface area (Å²) in [5.74, 6) is -1.87. The number of oxime groups is 1. The number of β-lactam (4-membered cyclic amide) rings is 1. The van der Waals surface area contributed by atoms with Crippen LogP contribution in [0.3, 0.4) is 0 Å². The molecule has 14 heteroatoms. The number of hydrogen-bond acceptors (Lipinski definition) is 11. The molecule has 2 aromatic rings. The van der Waals surface area contributed by atoms with Crippen LogP contribution in [0.15, 0.2) is 35.8 Å². The number of anilines is 1. The van der Waals surface area contributed by atoms with Crippen LogP contribution in [0.5, 0.6) is 0 Å². The van der Waals surface area contributed by atoms with Gasteiger partial charge in [0.25, 0.3) is 5.91 Å². The number of fused-ring (bicyclic) bond motifs is 1. The molecule has 4 heterocycles. The maximum Gasteiger partial charge on any atom is 0.316 e. The first-order valence-corrected chi connectivity index (χ1v) is 12.0. The third kappa shape index (κ3) is 4.59. The average Bonchev–Trinajstić information content (AvgIpc) is 3.27. The van der Waals surface area contributed by atoms with Crippen molar-refractivity contribution < 1.29 is 24.3 Å². The molecule has 2 saturated heterocycles. The first-order valence-electron chi connectivity index (χ1n) is 10.2. The Bertz CT molecular complexity index is 1160. The molecule has 2 aliphatic rings. The van der Waals surface area contributed by atoms with Crippen molar-refractivity contribution in [3.05, 3.63) is 42.0 Å². The Morgan fingerprint density at radius 1 is 1.50 bits per heavy atom. The molecular weight excluding hydrogens is 482 g/mol. The highest BCUT2D eigenvalue weighted by Crippen LogP contribution is 2.43. The van der Waals surface area contributed by atoms with E-state index in [1.54, 1.807) is 37.5 Å². The lowest BCUT2D eigenvalue weighted by molar-refractivity contribution is -0.155. The van der Waals surface area contributed by atoms with Crippen LogP contribution < -0.4 is 11.1 Å². The summed E-state index contributed by atoms with van der Waals surface area (Å²) >= 11 is 2.19. The first kappa shape index (κ1) is 23.6. The SMILES string of the molecule is CCON=C(C(=O)NC1C(=O)N2CC(C=Cc3cccnc3)(C(=O)O)CS[C@H]12)c1nsc(N)n1. The molecule has 2 unspecified atom stereocenters. The maximum atomic E-state index is 12.8. The molecule has 0 spiro atoms. The van der Waals surface area contributed by atoms with Crippen LogP contribution in [0.1, 0.15) is 18.3 Å². The largest absolute Gasteiger partial charge is 0.481 e. The van der Waals surface area contributed by atoms with E-state index in [-0.39, 0.29) is 41.5 Å². The van der Waals surface area contributed by atoms with Gasteiger partial charge in [-0.3, -0.25) is 19.4 Å². The molecule has 0 saturated carbocycles. The van der Waals surface area contributed by atoms with Gasteiger partial charge in [0, 0.05) is 36.2 Å². The van der Waals surface area contributed by atoms with E-state index in [1.165, 1.54) is 16.7 Å². The van der Waals surface area contributed by atoms with E-state index in [0.29, 0.717) is 0 Å². The van der Waals surface area contributed by atoms with E-state index in [2.05, 4.69) is 24.8 Å². The molecular formula is C20H21N7O5S2. The quantitative estimate of drug-likeness (QED) is 0.261. The molecule has 2 amide bonds. The predicted molar refractivity (Wildman–Crippen MR) is 126 cm³/mol. The van der Waals surface area contributed by atoms with Gasteiger partial charge in [0.15, 0.2) is 5.13 Å². The zero-order valence-corrected chi connectivity index (χ0v) is 19.6. The number of nitrogens with two attached hydrogens (primary N) is 1. The van der Waals surface area contributed by atoms with Gasteiger partial charge in [-0.2, -0.15) is 9.36 Å². The summed E-state index contributed by atoms with van der Waals surface area (Å²) in [5.41, 5.74) is 4.91. The van der Waals surface area contributed by atoms with Gasteiger partial charge in [0.2, 0.25) is 17.4 Å². The van der Waals surface area contributed by atoms with Gasteiger partial charge in [-0.25, -0.2) is 0 Å². The number of nitrogens with one attached hydrogen (secondary N) is 1. The second-order valence-corrected chi connectivity index (χ2v) is 9.40. The van der Waals surface area contributed by atoms with Gasteiger partial charge in [0.1, 0.15) is 23.4 Å². The van der Waals surface area contributed by atoms with Gasteiger partial charge < -0.3 is 25.9 Å². The fourth-order valence-electron chi connectivity index (χ4n) is 3.48. The molecule has 3 atom stereocenters. The van der Waals surface area contributed by atoms with E-state index in [0.717, 1.165) is 17.1 Å². The third-order valence-corrected chi connectivity index (χ3v) is 7.34. The van der Waals surface area contributed by atoms with Crippen molar-refractivity contribution in [1.82, 2.24) is 24.6 Å². The van der Waals surface area contributed by atoms with Crippen molar-refractivity contribution in [1.29, 1.82) is 0 Å². The summed E-state index contributed by atoms with van der Waals surface area (Å²) in [5, 5.41) is 16.1. The van der Waals surface area contributed by atoms with E-state index in [9.17, 15) is 19.5 Å². The Morgan fingerprint density at radius 2 is 2.32 bits per heavy atom. The Balaban J connectivity index is 1.46. The van der Waals surface area contributed by atoms with Crippen molar-refractivity contribution in [2.75, 3.05) is 24.6 Å². The number of carboxylic acid groups (broad SMARTS) is 1. The number of nitrogens with zero attached hydrogens (tertiary/aromatic N) is 5. The van der Waals surface area contributed by atoms with Crippen LogP contribution in [0.2, 0.25) is 0 Å². The molecule has 2 aliphatic heterocycles. The number of thioether (sulfide) groups is 1. The fraction of sp³-hybridized carbons (Fsp3) is 0.350. The summed E-state index contributed by atoms with van der Waals surface area (Å²) in [6, 6.07) is 2.72. The number of hydrogen-bond donors (Lipinski definition) is 3. The van der Waals surface area contributed by atoms with E-state index < -0.39 is 28.7 Å². The van der Waals surface area contributed by atoms with E-state index >= 15 is 0 Å². The Hall–Kier alpha value is -3.52. The highest BCUT2D eigenvalue weighted by molar-refractivity contribution is 8.00. The zero-order chi connectivity index (χ0) is 24.3. The minimum Gasteiger partial charge on any atom is -0.481 e. The number of amides is 2. The van der Waals surface area contributed by atoms with Crippen LogP contribution in [-0.4, -0.2) is 78.2 Å². The highest BCUT2D eigenvalue weighted by Gasteiger charge is 2.57. The molecule has 0 aliphatic carbocycles. The lowest BCUT2D eigenvalue weighted by atomic mass is 9.86. The van der Waals surface area contributed by atoms with Gasteiger partial charge >= 0.3 is 5.97 Å². The Kier molecular flexibility index (Phi) is 6.79. The average molecular weight is 504 g/mol. The zero-order valence-electron chi connectivity index (χ0n) is 18.0. The van der Waals surface area contributed by atoms with E-state index in [1.807, 2.05) is 6.07 Å². The fourth-order valence-corrected chi connectivity index (χ4v) is 5.43. The number of carbonyl (C=O) groups is 3. The number of nitrogen functional groups attached to an aromatic ring is 1. The van der Waals surface area contributed by atoms with Crippen molar-refractivity contribution in [3.8, 4) is 0 Å². The predicted octanol–water partition coefficient (Wildman–Crippen LogP) is 0.440. The summed E-state index contributed by atoms with van der Waals surface area (Å²) in [6.07, 6.45) is 6.54. The van der Waals surface area contributed by atoms with Crippen molar-refractivity contribution in [3.63, 3.8) is 0 Å². The first-order chi connectivity index (χ1) is 16.3. The molecule has 0 bridgehead atoms. The van der Waals surface area contributed by atoms with Gasteiger partial charge in [0.05, 0.1) is 0 Å². The molecule has 4 N–H and O–H groups in total. The summed E-state index contributed by atoms with van der Waals surface area (Å²) < 4.78 is 3.98. The number of carboxylic acids is 1. The molecule has 12 nitrogen and oxygen atoms in total. The van der Waals surface area contributed by atoms with Crippen LogP contribution in [0.4, 0.5) is 5.13 Å². The molecule has 0 aromatic carbocycles. The molecule has 4 rings (SSSR count). The summed E-state index contributed by atoms with van der Waals surface area (Å²) in [4.78, 5) is 52.3. The monoisotopic (exact) mass is 503 g/mol. The topological polar surface area (TPSA) is 173 Å². The van der Waals surface area contributed by atoms with Crippen LogP contribution in [0.25, 0.3) is 6.08 Å². The second kappa shape index (κ2) is 9.77. The normalized spacial score (nSPS) is 24.4. The minimum atomic E-state index is -1.26. The van der Waals surface area contributed by atoms with Crippen molar-refractivity contribution in [2.24, 2.45) is 10.6 Å². The second-order valence-electron chi connectivity index (χ2n) is 7.51. The van der Waals surface area contributed by atoms with Crippen molar-refractivity contribution in [2.45, 2.75) is 18.3 Å². The number of pyridine rings is 1. The van der Waals surface area contributed by atoms with Gasteiger partial charge in [-0.15, -0.1) is 11.8 Å². The number of rotatable bonds is 8. The molecule has 2 aromatic heterocycles. The number of carbonyl (C=O) groups excluding carboxylic acids is 2. The number of aromatic nitrogens is 3. The Labute approximate surface area is 202 Å². The molecule has 178 valence electrons. The smallest absolute Gasteiger partial charge is 0.316 e. The lowest BCUT2D eigenvalue weighted by Gasteiger charge is -2.53. The number of aliphatic carboxylic acids is 1. The van der Waals surface area contributed by atoms with Gasteiger partial charge in [-0.05, 0) is 18.6 Å². The summed E-state index contributed by atoms with van der Waals surface area (Å²) in [7, 11) is 0. The highest BCUT2D eigenvalue weighted by atomic mass is 32.2. The standard InChI is InChI=1S/C20H21N7O5S2/c1-2-32-25-12(14-24-19(21)34-26-14)15(28)23-13-16(29)27-9-20(18(30)31,10-33-17(13)27)6-5-11-4-3-7-22-8-11/h3-8,13,17H,2,9-10H2,1H3,(H,23,28)(H,30,31)(H2,21,24,26)/t13?,17-,20?/m1/s1. The molecule has 2 fully saturated rings. The van der Waals surface area contributed by atoms with Crippen LogP contribution >= 0.6 is 23.3 Å². The van der Waals surface area contributed by atoms with E-state index in [4.69, 9.17) is 10.6 Å². The van der Waals surface area contributed by atoms with Crippen LogP contribution in [0, 0.1) is 5.41 Å². The molecule has 0 radical (unpaired) electrons. The van der Waals surface area contributed by atoms with Gasteiger partial charge in [-0.1, -0.05) is 23.4 Å². The summed E-state index contributed by atoms with van der Waals surface area (Å²) in [6.45, 7) is 1.91. The minimum absolute atomic E-state index is 0.00110. The third-order valence-electron chi connectivity index (χ3n) is 5.25. The van der Waals surface area contributed by atoms with Crippen LogP contribution in [-0.2, 0) is 19.2 Å². The van der Waals surface area contributed by atoms with Crippen molar-refractivity contribution >= 4 is 58.0 Å². The molecule has 34 heavy (non-hydrogen) atoms.